The minimum atomic E-state index is -0.250. The second-order valence-electron chi connectivity index (χ2n) is 9.18. The highest BCUT2D eigenvalue weighted by Gasteiger charge is 2.33. The first kappa shape index (κ1) is 21.8. The number of nitrogens with one attached hydrogen (secondary N) is 1. The Morgan fingerprint density at radius 1 is 0.944 bits per heavy atom. The van der Waals surface area contributed by atoms with Crippen molar-refractivity contribution in [2.45, 2.75) is 20.3 Å². The van der Waals surface area contributed by atoms with Gasteiger partial charge in [0.25, 0.3) is 0 Å². The van der Waals surface area contributed by atoms with Gasteiger partial charge in [0.1, 0.15) is 11.3 Å². The first-order valence-electron chi connectivity index (χ1n) is 11.7. The molecule has 0 saturated heterocycles. The SMILES string of the molecule is Cc1cccc(Nc2cc(CC(=O)c3cc(C)ccc3O)c3noc4c3c2C(=O)c2ccccc2-4)c1. The molecule has 1 aromatic heterocycles. The third-order valence-electron chi connectivity index (χ3n) is 6.58. The summed E-state index contributed by atoms with van der Waals surface area (Å²) in [6.45, 7) is 3.86. The second kappa shape index (κ2) is 8.20. The van der Waals surface area contributed by atoms with E-state index in [0.717, 1.165) is 16.8 Å². The summed E-state index contributed by atoms with van der Waals surface area (Å²) in [5, 5.41) is 18.6. The molecule has 2 N–H and O–H groups in total. The summed E-state index contributed by atoms with van der Waals surface area (Å²) in [4.78, 5) is 27.0. The fourth-order valence-corrected chi connectivity index (χ4v) is 4.88. The molecule has 0 fully saturated rings. The Balaban J connectivity index is 1.55. The van der Waals surface area contributed by atoms with Crippen LogP contribution in [0.5, 0.6) is 5.75 Å². The predicted molar refractivity (Wildman–Crippen MR) is 138 cm³/mol. The smallest absolute Gasteiger partial charge is 0.196 e. The molecule has 6 heteroatoms. The zero-order valence-electron chi connectivity index (χ0n) is 19.8. The van der Waals surface area contributed by atoms with Crippen LogP contribution in [0.3, 0.4) is 0 Å². The lowest BCUT2D eigenvalue weighted by Crippen LogP contribution is -2.13. The highest BCUT2D eigenvalue weighted by molar-refractivity contribution is 6.28. The van der Waals surface area contributed by atoms with Crippen molar-refractivity contribution in [2.75, 3.05) is 5.32 Å². The lowest BCUT2D eigenvalue weighted by atomic mass is 9.85. The van der Waals surface area contributed by atoms with Gasteiger partial charge in [-0.25, -0.2) is 0 Å². The number of fused-ring (bicyclic) bond motifs is 2. The molecule has 1 aliphatic carbocycles. The summed E-state index contributed by atoms with van der Waals surface area (Å²) < 4.78 is 5.78. The number of carbonyl (C=O) groups is 2. The molecule has 0 bridgehead atoms. The molecule has 36 heavy (non-hydrogen) atoms. The van der Waals surface area contributed by atoms with Gasteiger partial charge in [-0.2, -0.15) is 0 Å². The Bertz CT molecular complexity index is 1710. The number of hydrogen-bond acceptors (Lipinski definition) is 6. The number of Topliss-reactive ketones (excluding diaryl/α,β-unsaturated/α-hetero) is 1. The van der Waals surface area contributed by atoms with Crippen LogP contribution >= 0.6 is 0 Å². The van der Waals surface area contributed by atoms with Crippen molar-refractivity contribution in [1.29, 1.82) is 0 Å². The zero-order valence-corrected chi connectivity index (χ0v) is 19.8. The average molecular weight is 475 g/mol. The van der Waals surface area contributed by atoms with Gasteiger partial charge in [-0.3, -0.25) is 9.59 Å². The number of hydrogen-bond donors (Lipinski definition) is 2. The Kier molecular flexibility index (Phi) is 4.97. The van der Waals surface area contributed by atoms with Crippen molar-refractivity contribution < 1.29 is 19.2 Å². The largest absolute Gasteiger partial charge is 0.507 e. The Morgan fingerprint density at radius 2 is 1.72 bits per heavy atom. The van der Waals surface area contributed by atoms with Crippen LogP contribution < -0.4 is 5.32 Å². The lowest BCUT2D eigenvalue weighted by molar-refractivity contribution is 0.0989. The van der Waals surface area contributed by atoms with E-state index < -0.39 is 0 Å². The highest BCUT2D eigenvalue weighted by Crippen LogP contribution is 2.44. The highest BCUT2D eigenvalue weighted by atomic mass is 16.5. The van der Waals surface area contributed by atoms with Crippen LogP contribution in [0.2, 0.25) is 0 Å². The van der Waals surface area contributed by atoms with Crippen LogP contribution in [0, 0.1) is 13.8 Å². The van der Waals surface area contributed by atoms with Crippen LogP contribution in [0.15, 0.2) is 77.3 Å². The maximum absolute atomic E-state index is 13.7. The monoisotopic (exact) mass is 474 g/mol. The van der Waals surface area contributed by atoms with E-state index >= 15 is 0 Å². The molecule has 6 rings (SSSR count). The topological polar surface area (TPSA) is 92.4 Å². The van der Waals surface area contributed by atoms with E-state index in [4.69, 9.17) is 4.52 Å². The molecule has 1 heterocycles. The lowest BCUT2D eigenvalue weighted by Gasteiger charge is -2.19. The molecule has 0 unspecified atom stereocenters. The van der Waals surface area contributed by atoms with Crippen molar-refractivity contribution in [3.8, 4) is 17.1 Å². The van der Waals surface area contributed by atoms with Crippen LogP contribution in [-0.4, -0.2) is 21.8 Å². The fraction of sp³-hybridized carbons (Fsp3) is 0.100. The maximum Gasteiger partial charge on any atom is 0.196 e. The van der Waals surface area contributed by atoms with Crippen molar-refractivity contribution >= 4 is 33.8 Å². The quantitative estimate of drug-likeness (QED) is 0.276. The Labute approximate surface area is 207 Å². The minimum absolute atomic E-state index is 0.0158. The van der Waals surface area contributed by atoms with Crippen molar-refractivity contribution in [2.24, 2.45) is 0 Å². The van der Waals surface area contributed by atoms with Gasteiger partial charge in [-0.1, -0.05) is 53.2 Å². The number of benzene rings is 4. The summed E-state index contributed by atoms with van der Waals surface area (Å²) in [6, 6.07) is 21.9. The molecule has 5 aromatic rings. The zero-order chi connectivity index (χ0) is 25.0. The van der Waals surface area contributed by atoms with E-state index in [1.807, 2.05) is 56.3 Å². The summed E-state index contributed by atoms with van der Waals surface area (Å²) in [5.41, 5.74) is 6.37. The Morgan fingerprint density at radius 3 is 2.53 bits per heavy atom. The molecule has 6 nitrogen and oxygen atoms in total. The number of nitrogens with zero attached hydrogens (tertiary/aromatic N) is 1. The first-order chi connectivity index (χ1) is 17.4. The number of aryl methyl sites for hydroxylation is 2. The van der Waals surface area contributed by atoms with Crippen LogP contribution in [0.25, 0.3) is 22.2 Å². The van der Waals surface area contributed by atoms with E-state index in [-0.39, 0.29) is 29.3 Å². The number of anilines is 2. The van der Waals surface area contributed by atoms with Gasteiger partial charge in [0.15, 0.2) is 17.3 Å². The molecule has 1 aliphatic rings. The molecule has 0 saturated carbocycles. The first-order valence-corrected chi connectivity index (χ1v) is 11.7. The normalized spacial score (nSPS) is 12.0. The molecular weight excluding hydrogens is 452 g/mol. The number of ketones is 2. The van der Waals surface area contributed by atoms with Gasteiger partial charge in [-0.05, 0) is 55.3 Å². The van der Waals surface area contributed by atoms with Crippen molar-refractivity contribution in [3.05, 3.63) is 106 Å². The molecule has 176 valence electrons. The molecular formula is C30H22N2O4. The molecule has 0 spiro atoms. The summed E-state index contributed by atoms with van der Waals surface area (Å²) in [6.07, 6.45) is -0.0158. The van der Waals surface area contributed by atoms with E-state index in [0.29, 0.717) is 44.6 Å². The third-order valence-corrected chi connectivity index (χ3v) is 6.58. The van der Waals surface area contributed by atoms with Crippen LogP contribution in [0.1, 0.15) is 43.0 Å². The van der Waals surface area contributed by atoms with Crippen LogP contribution in [0.4, 0.5) is 11.4 Å². The standard InChI is InChI=1S/C30H22N2O4/c1-16-6-5-7-19(12-16)31-23-14-18(15-25(34)22-13-17(2)10-11-24(22)33)28-27-26(23)29(35)20-8-3-4-9-21(20)30(27)36-32-28/h3-14,31,33H,15H2,1-2H3. The third kappa shape index (κ3) is 3.46. The fourth-order valence-electron chi connectivity index (χ4n) is 4.88. The van der Waals surface area contributed by atoms with Gasteiger partial charge in [-0.15, -0.1) is 0 Å². The predicted octanol–water partition coefficient (Wildman–Crippen LogP) is 6.53. The number of carbonyl (C=O) groups excluding carboxylic acids is 2. The number of phenols is 1. The molecule has 0 amide bonds. The second-order valence-corrected chi connectivity index (χ2v) is 9.18. The average Bonchev–Trinajstić information content (AvgIpc) is 3.30. The van der Waals surface area contributed by atoms with E-state index in [2.05, 4.69) is 10.5 Å². The number of aromatic nitrogens is 1. The summed E-state index contributed by atoms with van der Waals surface area (Å²) >= 11 is 0. The number of rotatable bonds is 5. The summed E-state index contributed by atoms with van der Waals surface area (Å²) in [7, 11) is 0. The molecule has 0 radical (unpaired) electrons. The van der Waals surface area contributed by atoms with Crippen LogP contribution in [-0.2, 0) is 6.42 Å². The van der Waals surface area contributed by atoms with E-state index in [1.54, 1.807) is 24.3 Å². The van der Waals surface area contributed by atoms with Gasteiger partial charge < -0.3 is 14.9 Å². The number of phenolic OH excluding ortho intramolecular Hbond substituents is 1. The van der Waals surface area contributed by atoms with E-state index in [9.17, 15) is 14.7 Å². The molecule has 4 aromatic carbocycles. The van der Waals surface area contributed by atoms with Crippen molar-refractivity contribution in [1.82, 2.24) is 5.16 Å². The molecule has 0 atom stereocenters. The molecule has 0 aliphatic heterocycles. The van der Waals surface area contributed by atoms with Gasteiger partial charge >= 0.3 is 0 Å². The van der Waals surface area contributed by atoms with Gasteiger partial charge in [0.05, 0.1) is 22.2 Å². The van der Waals surface area contributed by atoms with Crippen molar-refractivity contribution in [3.63, 3.8) is 0 Å². The van der Waals surface area contributed by atoms with Gasteiger partial charge in [0.2, 0.25) is 0 Å². The van der Waals surface area contributed by atoms with E-state index in [1.165, 1.54) is 6.07 Å². The maximum atomic E-state index is 13.7. The minimum Gasteiger partial charge on any atom is -0.507 e. The number of aromatic hydroxyl groups is 1. The summed E-state index contributed by atoms with van der Waals surface area (Å²) in [5.74, 6) is 0.0635. The Hall–Kier alpha value is -4.71. The van der Waals surface area contributed by atoms with Gasteiger partial charge in [0, 0.05) is 23.2 Å².